The van der Waals surface area contributed by atoms with E-state index in [2.05, 4.69) is 0 Å². The second-order valence-corrected chi connectivity index (χ2v) is 2.66. The van der Waals surface area contributed by atoms with Crippen molar-refractivity contribution < 1.29 is 226 Å². The van der Waals surface area contributed by atoms with Crippen molar-refractivity contribution in [3.63, 3.8) is 0 Å². The van der Waals surface area contributed by atoms with E-state index in [4.69, 9.17) is 94.3 Å². The predicted octanol–water partition coefficient (Wildman–Crippen LogP) is -33.6. The average molecular weight is 464 g/mol. The SMILES string of the molecule is O=C(O)C(=O)O.O=C(O)C(=O)O.O=C([O-])C(=O)[O-].O=C([O-])C(=O)[O-].[Li+].[Li+].[Li+].[Li+].[Li+].[Li+].[Li+].[O-]B([O-])[O-]. The zero-order valence-corrected chi connectivity index (χ0v) is 19.5. The topological polar surface area (TPSA) is 379 Å². The summed E-state index contributed by atoms with van der Waals surface area (Å²) in [5, 5.41) is 90.5. The van der Waals surface area contributed by atoms with Gasteiger partial charge in [-0.25, -0.2) is 19.2 Å². The van der Waals surface area contributed by atoms with Crippen LogP contribution < -0.4 is 168 Å². The molecular weight excluding hydrogens is 459 g/mol. The first-order valence-corrected chi connectivity index (χ1v) is 5.05. The maximum Gasteiger partial charge on any atom is 1.00 e. The Balaban J connectivity index is -0.0000000181. The van der Waals surface area contributed by atoms with E-state index in [1.807, 2.05) is 0 Å². The quantitative estimate of drug-likeness (QED) is 0.191. The van der Waals surface area contributed by atoms with Crippen LogP contribution in [0.3, 0.4) is 0 Å². The molecule has 0 unspecified atom stereocenters. The fourth-order valence-corrected chi connectivity index (χ4v) is 0. The fraction of sp³-hybridized carbons (Fsp3) is 0. The molecule has 0 bridgehead atoms. The van der Waals surface area contributed by atoms with Gasteiger partial charge in [-0.1, -0.05) is 0 Å². The van der Waals surface area contributed by atoms with E-state index in [1.165, 1.54) is 0 Å². The van der Waals surface area contributed by atoms with Gasteiger partial charge in [0, 0.05) is 0 Å². The van der Waals surface area contributed by atoms with Crippen molar-refractivity contribution in [3.8, 4) is 0 Å². The molecule has 0 aliphatic carbocycles. The summed E-state index contributed by atoms with van der Waals surface area (Å²) in [7, 11) is -2.92. The van der Waals surface area contributed by atoms with Crippen LogP contribution in [0.4, 0.5) is 0 Å². The summed E-state index contributed by atoms with van der Waals surface area (Å²) in [5.74, 6) is -16.0. The molecule has 0 aromatic rings. The summed E-state index contributed by atoms with van der Waals surface area (Å²) in [5.41, 5.74) is 0. The molecule has 0 rings (SSSR count). The molecule has 0 radical (unpaired) electrons. The van der Waals surface area contributed by atoms with Crippen LogP contribution in [-0.2, 0) is 38.4 Å². The Hall–Kier alpha value is -0.113. The maximum absolute atomic E-state index is 9.10. The number of carbonyl (C=O) groups is 8. The van der Waals surface area contributed by atoms with Gasteiger partial charge in [-0.15, -0.1) is 0 Å². The molecule has 4 N–H and O–H groups in total. The Labute approximate surface area is 278 Å². The van der Waals surface area contributed by atoms with Crippen LogP contribution in [0.25, 0.3) is 0 Å². The van der Waals surface area contributed by atoms with Crippen LogP contribution in [-0.4, -0.2) is 75.5 Å². The van der Waals surface area contributed by atoms with Crippen molar-refractivity contribution in [1.82, 2.24) is 0 Å². The molecule has 0 heterocycles. The van der Waals surface area contributed by atoms with Crippen molar-refractivity contribution in [1.29, 1.82) is 0 Å². The van der Waals surface area contributed by atoms with Gasteiger partial charge >= 0.3 is 156 Å². The van der Waals surface area contributed by atoms with Crippen molar-refractivity contribution >= 4 is 55.1 Å². The molecule has 27 heteroatoms. The van der Waals surface area contributed by atoms with E-state index >= 15 is 0 Å². The Kier molecular flexibility index (Phi) is 111. The second-order valence-electron chi connectivity index (χ2n) is 2.66. The van der Waals surface area contributed by atoms with Gasteiger partial charge in [0.25, 0.3) is 0 Å². The Bertz CT molecular complexity index is 453. The van der Waals surface area contributed by atoms with E-state index in [0.29, 0.717) is 0 Å². The summed E-state index contributed by atoms with van der Waals surface area (Å²) >= 11 is 0. The standard InChI is InChI=1S/4C2H2O4.BO3.7Li/c4*3-1(4)2(5)6;2-1(3)4;;;;;;;/h4*(H,3,4)(H,5,6);;;;;;;;/q;;;;-3;7*+1/p-4. The monoisotopic (exact) mass is 464 g/mol. The van der Waals surface area contributed by atoms with Gasteiger partial charge in [0.2, 0.25) is 0 Å². The molecule has 19 nitrogen and oxygen atoms in total. The van der Waals surface area contributed by atoms with Gasteiger partial charge in [-0.3, -0.25) is 7.32 Å². The zero-order chi connectivity index (χ0) is 24.2. The predicted molar refractivity (Wildman–Crippen MR) is 56.3 cm³/mol. The fourth-order valence-electron chi connectivity index (χ4n) is 0. The minimum absolute atomic E-state index is 0. The van der Waals surface area contributed by atoms with Crippen LogP contribution in [0.1, 0.15) is 0 Å². The first-order chi connectivity index (χ1) is 12.3. The first kappa shape index (κ1) is 76.5. The summed E-state index contributed by atoms with van der Waals surface area (Å²) in [4.78, 5) is 72.1. The zero-order valence-electron chi connectivity index (χ0n) is 19.5. The molecule has 0 aliphatic heterocycles. The molecule has 35 heavy (non-hydrogen) atoms. The number of aliphatic carboxylic acids is 8. The van der Waals surface area contributed by atoms with Crippen molar-refractivity contribution in [3.05, 3.63) is 0 Å². The summed E-state index contributed by atoms with van der Waals surface area (Å²) < 4.78 is 0. The molecule has 0 saturated carbocycles. The average Bonchev–Trinajstić information content (AvgIpc) is 2.47. The molecule has 0 aliphatic rings. The van der Waals surface area contributed by atoms with Gasteiger partial charge in [-0.05, 0) is 0 Å². The number of hydrogen-bond donors (Lipinski definition) is 4. The van der Waals surface area contributed by atoms with E-state index in [9.17, 15) is 0 Å². The number of rotatable bonds is 0. The van der Waals surface area contributed by atoms with Crippen LogP contribution >= 0.6 is 0 Å². The molecule has 0 fully saturated rings. The summed E-state index contributed by atoms with van der Waals surface area (Å²) in [6.45, 7) is 0. The third-order valence-electron chi connectivity index (χ3n) is 0.699. The second kappa shape index (κ2) is 50.7. The Morgan fingerprint density at radius 3 is 0.429 bits per heavy atom. The number of carboxylic acids is 8. The summed E-state index contributed by atoms with van der Waals surface area (Å²) in [6, 6.07) is 0. The minimum atomic E-state index is -2.92. The van der Waals surface area contributed by atoms with Crippen LogP contribution in [0.15, 0.2) is 0 Å². The molecule has 0 spiro atoms. The van der Waals surface area contributed by atoms with Crippen molar-refractivity contribution in [2.75, 3.05) is 0 Å². The van der Waals surface area contributed by atoms with Crippen molar-refractivity contribution in [2.45, 2.75) is 0 Å². The van der Waals surface area contributed by atoms with Gasteiger partial charge in [0.1, 0.15) is 0 Å². The maximum atomic E-state index is 9.10. The minimum Gasteiger partial charge on any atom is -0.907 e. The molecule has 0 aromatic carbocycles. The summed E-state index contributed by atoms with van der Waals surface area (Å²) in [6.07, 6.45) is 0. The van der Waals surface area contributed by atoms with E-state index < -0.39 is 55.1 Å². The van der Waals surface area contributed by atoms with Crippen LogP contribution in [0.5, 0.6) is 0 Å². The third kappa shape index (κ3) is 137. The number of hydrogen-bond acceptors (Lipinski definition) is 15. The number of carbonyl (C=O) groups excluding carboxylic acids is 4. The van der Waals surface area contributed by atoms with Gasteiger partial charge in [-0.2, -0.15) is 0 Å². The van der Waals surface area contributed by atoms with Gasteiger partial charge in [0.15, 0.2) is 0 Å². The van der Waals surface area contributed by atoms with Gasteiger partial charge in [0.05, 0.1) is 23.9 Å². The molecule has 160 valence electrons. The van der Waals surface area contributed by atoms with Gasteiger partial charge < -0.3 is 75.1 Å². The molecule has 0 amide bonds. The van der Waals surface area contributed by atoms with Crippen LogP contribution in [0.2, 0.25) is 0 Å². The van der Waals surface area contributed by atoms with E-state index in [0.717, 1.165) is 0 Å². The molecule has 0 aromatic heterocycles. The molecule has 0 saturated heterocycles. The smallest absolute Gasteiger partial charge is 0.907 e. The van der Waals surface area contributed by atoms with Crippen LogP contribution in [0, 0.1) is 0 Å². The normalized spacial score (nSPS) is 5.80. The van der Waals surface area contributed by atoms with Crippen molar-refractivity contribution in [2.24, 2.45) is 0 Å². The largest absolute Gasteiger partial charge is 1.00 e. The Morgan fingerprint density at radius 1 is 0.371 bits per heavy atom. The third-order valence-corrected chi connectivity index (χ3v) is 0.699. The first-order valence-electron chi connectivity index (χ1n) is 5.05. The van der Waals surface area contributed by atoms with E-state index in [-0.39, 0.29) is 132 Å². The molecule has 0 atom stereocenters. The number of carboxylic acid groups (broad SMARTS) is 8. The Morgan fingerprint density at radius 2 is 0.429 bits per heavy atom. The molecular formula is C8H4BLi7O19. The van der Waals surface area contributed by atoms with E-state index in [1.54, 1.807) is 0 Å².